The first kappa shape index (κ1) is 17.6. The van der Waals surface area contributed by atoms with Gasteiger partial charge in [-0.15, -0.1) is 0 Å². The molecule has 26 heavy (non-hydrogen) atoms. The van der Waals surface area contributed by atoms with Crippen LogP contribution in [0, 0.1) is 6.92 Å². The van der Waals surface area contributed by atoms with Crippen LogP contribution in [0.3, 0.4) is 0 Å². The van der Waals surface area contributed by atoms with Crippen molar-refractivity contribution in [2.45, 2.75) is 11.8 Å². The Labute approximate surface area is 152 Å². The van der Waals surface area contributed by atoms with Crippen molar-refractivity contribution in [3.05, 3.63) is 84.1 Å². The molecule has 3 aromatic rings. The number of nitrogens with one attached hydrogen (secondary N) is 2. The zero-order valence-electron chi connectivity index (χ0n) is 14.0. The number of hydrogen-bond acceptors (Lipinski definition) is 4. The van der Waals surface area contributed by atoms with Gasteiger partial charge in [0.15, 0.2) is 0 Å². The molecule has 6 nitrogen and oxygen atoms in total. The Balaban J connectivity index is 1.79. The minimum Gasteiger partial charge on any atom is -0.307 e. The van der Waals surface area contributed by atoms with E-state index in [0.29, 0.717) is 17.1 Å². The van der Waals surface area contributed by atoms with Gasteiger partial charge in [0.1, 0.15) is 5.82 Å². The van der Waals surface area contributed by atoms with Crippen molar-refractivity contribution in [2.75, 3.05) is 10.0 Å². The molecule has 0 unspecified atom stereocenters. The third kappa shape index (κ3) is 4.25. The van der Waals surface area contributed by atoms with Crippen molar-refractivity contribution in [3.63, 3.8) is 0 Å². The lowest BCUT2D eigenvalue weighted by atomic mass is 10.2. The van der Waals surface area contributed by atoms with Crippen LogP contribution in [0.4, 0.5) is 11.5 Å². The lowest BCUT2D eigenvalue weighted by molar-refractivity contribution is 0.102. The number of hydrogen-bond donors (Lipinski definition) is 2. The van der Waals surface area contributed by atoms with Crippen LogP contribution >= 0.6 is 0 Å². The molecule has 0 saturated carbocycles. The van der Waals surface area contributed by atoms with Gasteiger partial charge >= 0.3 is 0 Å². The molecule has 2 aromatic carbocycles. The second-order valence-electron chi connectivity index (χ2n) is 5.67. The molecule has 0 spiro atoms. The van der Waals surface area contributed by atoms with Gasteiger partial charge in [-0.05, 0) is 55.0 Å². The van der Waals surface area contributed by atoms with Crippen LogP contribution in [0.1, 0.15) is 15.9 Å². The minimum absolute atomic E-state index is 0.152. The number of aromatic nitrogens is 1. The molecule has 2 N–H and O–H groups in total. The second kappa shape index (κ2) is 7.37. The second-order valence-corrected chi connectivity index (χ2v) is 7.35. The molecule has 0 fully saturated rings. The first-order valence-corrected chi connectivity index (χ1v) is 9.34. The van der Waals surface area contributed by atoms with Crippen molar-refractivity contribution < 1.29 is 13.2 Å². The third-order valence-electron chi connectivity index (χ3n) is 3.59. The van der Waals surface area contributed by atoms with E-state index in [1.54, 1.807) is 48.7 Å². The largest absolute Gasteiger partial charge is 0.307 e. The van der Waals surface area contributed by atoms with Crippen molar-refractivity contribution in [1.29, 1.82) is 0 Å². The number of aryl methyl sites for hydroxylation is 1. The quantitative estimate of drug-likeness (QED) is 0.723. The van der Waals surface area contributed by atoms with Gasteiger partial charge in [-0.2, -0.15) is 0 Å². The molecule has 1 aromatic heterocycles. The van der Waals surface area contributed by atoms with Crippen LogP contribution in [-0.4, -0.2) is 19.3 Å². The lowest BCUT2D eigenvalue weighted by Gasteiger charge is -2.10. The Hall–Kier alpha value is -3.19. The topological polar surface area (TPSA) is 88.2 Å². The predicted molar refractivity (Wildman–Crippen MR) is 101 cm³/mol. The average Bonchev–Trinajstić information content (AvgIpc) is 2.62. The normalized spacial score (nSPS) is 11.0. The van der Waals surface area contributed by atoms with Gasteiger partial charge in [-0.25, -0.2) is 13.4 Å². The molecular formula is C19H17N3O3S. The molecule has 0 saturated heterocycles. The van der Waals surface area contributed by atoms with E-state index in [-0.39, 0.29) is 10.8 Å². The fourth-order valence-electron chi connectivity index (χ4n) is 2.33. The smallest absolute Gasteiger partial charge is 0.261 e. The maximum absolute atomic E-state index is 12.4. The number of pyridine rings is 1. The SMILES string of the molecule is Cc1ccnc(NC(=O)c2cccc(NS(=O)(=O)c3ccccc3)c2)c1. The van der Waals surface area contributed by atoms with Gasteiger partial charge in [-0.1, -0.05) is 24.3 Å². The van der Waals surface area contributed by atoms with Gasteiger partial charge in [0.05, 0.1) is 4.90 Å². The molecule has 0 aliphatic rings. The van der Waals surface area contributed by atoms with Crippen LogP contribution in [-0.2, 0) is 10.0 Å². The highest BCUT2D eigenvalue weighted by Crippen LogP contribution is 2.18. The Morgan fingerprint density at radius 1 is 0.962 bits per heavy atom. The van der Waals surface area contributed by atoms with E-state index in [9.17, 15) is 13.2 Å². The maximum atomic E-state index is 12.4. The summed E-state index contributed by atoms with van der Waals surface area (Å²) in [5.74, 6) is 0.0640. The van der Waals surface area contributed by atoms with Gasteiger partial charge in [0, 0.05) is 17.4 Å². The summed E-state index contributed by atoms with van der Waals surface area (Å²) in [5.41, 5.74) is 1.60. The summed E-state index contributed by atoms with van der Waals surface area (Å²) in [6.07, 6.45) is 1.61. The van der Waals surface area contributed by atoms with E-state index in [1.165, 1.54) is 18.2 Å². The molecule has 132 valence electrons. The summed E-state index contributed by atoms with van der Waals surface area (Å²) in [6.45, 7) is 1.90. The Bertz CT molecular complexity index is 1030. The summed E-state index contributed by atoms with van der Waals surface area (Å²) in [6, 6.07) is 17.9. The van der Waals surface area contributed by atoms with Gasteiger partial charge < -0.3 is 5.32 Å². The maximum Gasteiger partial charge on any atom is 0.261 e. The van der Waals surface area contributed by atoms with Crippen LogP contribution in [0.15, 0.2) is 77.8 Å². The molecule has 0 atom stereocenters. The number of rotatable bonds is 5. The molecule has 3 rings (SSSR count). The minimum atomic E-state index is -3.71. The summed E-state index contributed by atoms with van der Waals surface area (Å²) in [4.78, 5) is 16.6. The van der Waals surface area contributed by atoms with Crippen molar-refractivity contribution >= 4 is 27.4 Å². The standard InChI is InChI=1S/C19H17N3O3S/c1-14-10-11-20-18(12-14)21-19(23)15-6-5-7-16(13-15)22-26(24,25)17-8-3-2-4-9-17/h2-13,22H,1H3,(H,20,21,23). The summed E-state index contributed by atoms with van der Waals surface area (Å²) in [7, 11) is -3.71. The molecule has 1 heterocycles. The van der Waals surface area contributed by atoms with E-state index in [4.69, 9.17) is 0 Å². The zero-order valence-corrected chi connectivity index (χ0v) is 14.8. The van der Waals surface area contributed by atoms with Gasteiger partial charge in [-0.3, -0.25) is 9.52 Å². The van der Waals surface area contributed by atoms with E-state index >= 15 is 0 Å². The Kier molecular flexibility index (Phi) is 4.99. The predicted octanol–water partition coefficient (Wildman–Crippen LogP) is 3.44. The number of anilines is 2. The van der Waals surface area contributed by atoms with Crippen molar-refractivity contribution in [3.8, 4) is 0 Å². The molecular weight excluding hydrogens is 350 g/mol. The molecule has 1 amide bonds. The average molecular weight is 367 g/mol. The summed E-state index contributed by atoms with van der Waals surface area (Å²) < 4.78 is 27.3. The van der Waals surface area contributed by atoms with E-state index in [2.05, 4.69) is 15.0 Å². The van der Waals surface area contributed by atoms with Crippen LogP contribution in [0.5, 0.6) is 0 Å². The number of nitrogens with zero attached hydrogens (tertiary/aromatic N) is 1. The summed E-state index contributed by atoms with van der Waals surface area (Å²) >= 11 is 0. The highest BCUT2D eigenvalue weighted by Gasteiger charge is 2.15. The number of benzene rings is 2. The Morgan fingerprint density at radius 3 is 2.46 bits per heavy atom. The van der Waals surface area contributed by atoms with E-state index < -0.39 is 10.0 Å². The highest BCUT2D eigenvalue weighted by molar-refractivity contribution is 7.92. The molecule has 0 radical (unpaired) electrons. The van der Waals surface area contributed by atoms with Crippen molar-refractivity contribution in [1.82, 2.24) is 4.98 Å². The zero-order chi connectivity index (χ0) is 18.6. The first-order valence-electron chi connectivity index (χ1n) is 7.86. The van der Waals surface area contributed by atoms with Crippen LogP contribution in [0.2, 0.25) is 0 Å². The molecule has 0 aliphatic heterocycles. The third-order valence-corrected chi connectivity index (χ3v) is 4.98. The number of carbonyl (C=O) groups excluding carboxylic acids is 1. The number of carbonyl (C=O) groups is 1. The lowest BCUT2D eigenvalue weighted by Crippen LogP contribution is -2.15. The van der Waals surface area contributed by atoms with Gasteiger partial charge in [0.2, 0.25) is 0 Å². The fourth-order valence-corrected chi connectivity index (χ4v) is 3.40. The van der Waals surface area contributed by atoms with E-state index in [1.807, 2.05) is 13.0 Å². The monoisotopic (exact) mass is 367 g/mol. The van der Waals surface area contributed by atoms with Crippen LogP contribution < -0.4 is 10.0 Å². The number of sulfonamides is 1. The Morgan fingerprint density at radius 2 is 1.73 bits per heavy atom. The fraction of sp³-hybridized carbons (Fsp3) is 0.0526. The summed E-state index contributed by atoms with van der Waals surface area (Å²) in [5, 5.41) is 2.69. The number of amides is 1. The molecule has 0 bridgehead atoms. The molecule has 7 heteroatoms. The molecule has 0 aliphatic carbocycles. The van der Waals surface area contributed by atoms with Crippen molar-refractivity contribution in [2.24, 2.45) is 0 Å². The van der Waals surface area contributed by atoms with Gasteiger partial charge in [0.25, 0.3) is 15.9 Å². The first-order chi connectivity index (χ1) is 12.4. The van der Waals surface area contributed by atoms with Crippen LogP contribution in [0.25, 0.3) is 0 Å². The highest BCUT2D eigenvalue weighted by atomic mass is 32.2. The van der Waals surface area contributed by atoms with E-state index in [0.717, 1.165) is 5.56 Å².